The van der Waals surface area contributed by atoms with Crippen molar-refractivity contribution < 1.29 is 0 Å². The first-order valence-corrected chi connectivity index (χ1v) is 5.72. The molecule has 2 nitrogen and oxygen atoms in total. The first kappa shape index (κ1) is 8.96. The monoisotopic (exact) mass is 200 g/mol. The van der Waals surface area contributed by atoms with Crippen molar-refractivity contribution in [2.75, 3.05) is 13.1 Å². The van der Waals surface area contributed by atoms with Gasteiger partial charge in [-0.25, -0.2) is 0 Å². The van der Waals surface area contributed by atoms with E-state index in [4.69, 9.17) is 0 Å². The second-order valence-electron chi connectivity index (χ2n) is 4.58. The highest BCUT2D eigenvalue weighted by Gasteiger charge is 2.45. The van der Waals surface area contributed by atoms with Crippen molar-refractivity contribution in [2.24, 2.45) is 4.99 Å². The summed E-state index contributed by atoms with van der Waals surface area (Å²) < 4.78 is 0. The van der Waals surface area contributed by atoms with Gasteiger partial charge in [0.1, 0.15) is 0 Å². The van der Waals surface area contributed by atoms with Gasteiger partial charge in [-0.15, -0.1) is 0 Å². The number of hydrogen-bond donors (Lipinski definition) is 1. The van der Waals surface area contributed by atoms with Crippen molar-refractivity contribution in [3.05, 3.63) is 35.9 Å². The van der Waals surface area contributed by atoms with E-state index in [2.05, 4.69) is 40.6 Å². The van der Waals surface area contributed by atoms with Gasteiger partial charge in [0.25, 0.3) is 0 Å². The molecule has 3 rings (SSSR count). The van der Waals surface area contributed by atoms with Gasteiger partial charge < -0.3 is 5.32 Å². The zero-order valence-corrected chi connectivity index (χ0v) is 8.87. The molecular formula is C13H16N2. The predicted molar refractivity (Wildman–Crippen MR) is 62.3 cm³/mol. The Labute approximate surface area is 90.4 Å². The fourth-order valence-corrected chi connectivity index (χ4v) is 2.40. The molecule has 78 valence electrons. The Bertz CT molecular complexity index is 377. The van der Waals surface area contributed by atoms with Crippen LogP contribution < -0.4 is 5.32 Å². The van der Waals surface area contributed by atoms with Gasteiger partial charge in [0, 0.05) is 18.4 Å². The molecule has 0 radical (unpaired) electrons. The molecule has 1 aliphatic carbocycles. The number of hydrogen-bond acceptors (Lipinski definition) is 2. The smallest absolute Gasteiger partial charge is 0.0973 e. The van der Waals surface area contributed by atoms with Crippen molar-refractivity contribution in [2.45, 2.75) is 24.7 Å². The lowest BCUT2D eigenvalue weighted by Crippen LogP contribution is -2.23. The summed E-state index contributed by atoms with van der Waals surface area (Å²) in [6, 6.07) is 10.9. The highest BCUT2D eigenvalue weighted by atomic mass is 15.1. The van der Waals surface area contributed by atoms with Crippen molar-refractivity contribution in [1.29, 1.82) is 0 Å². The minimum Gasteiger partial charge on any atom is -0.372 e. The van der Waals surface area contributed by atoms with Gasteiger partial charge >= 0.3 is 0 Å². The van der Waals surface area contributed by atoms with Gasteiger partial charge in [-0.1, -0.05) is 30.3 Å². The number of benzene rings is 1. The topological polar surface area (TPSA) is 24.4 Å². The molecule has 1 saturated carbocycles. The van der Waals surface area contributed by atoms with Crippen LogP contribution in [0.1, 0.15) is 24.8 Å². The lowest BCUT2D eigenvalue weighted by Gasteiger charge is -2.15. The molecule has 0 atom stereocenters. The van der Waals surface area contributed by atoms with E-state index in [0.717, 1.165) is 19.5 Å². The zero-order valence-electron chi connectivity index (χ0n) is 8.87. The Balaban J connectivity index is 1.80. The van der Waals surface area contributed by atoms with Gasteiger partial charge in [0.2, 0.25) is 0 Å². The standard InChI is InChI=1S/C13H16N2/c1-2-4-11(5-3-1)13(6-7-13)10-12-14-8-9-15-12/h1-5H,6-10H2,(H,14,15). The SMILES string of the molecule is c1ccc(C2(CC3=NCCN3)CC2)cc1. The molecule has 2 heteroatoms. The third kappa shape index (κ3) is 1.65. The summed E-state index contributed by atoms with van der Waals surface area (Å²) in [5.41, 5.74) is 1.90. The van der Waals surface area contributed by atoms with Crippen molar-refractivity contribution in [1.82, 2.24) is 5.32 Å². The highest BCUT2D eigenvalue weighted by Crippen LogP contribution is 2.51. The lowest BCUT2D eigenvalue weighted by atomic mass is 9.92. The molecular weight excluding hydrogens is 184 g/mol. The van der Waals surface area contributed by atoms with E-state index >= 15 is 0 Å². The van der Waals surface area contributed by atoms with Gasteiger partial charge in [-0.2, -0.15) is 0 Å². The van der Waals surface area contributed by atoms with Crippen molar-refractivity contribution in [3.8, 4) is 0 Å². The Kier molecular flexibility index (Phi) is 2.01. The maximum absolute atomic E-state index is 4.49. The van der Waals surface area contributed by atoms with Crippen molar-refractivity contribution in [3.63, 3.8) is 0 Å². The number of amidine groups is 1. The largest absolute Gasteiger partial charge is 0.372 e. The first-order chi connectivity index (χ1) is 7.39. The maximum atomic E-state index is 4.49. The number of rotatable bonds is 3. The second kappa shape index (κ2) is 3.37. The van der Waals surface area contributed by atoms with E-state index < -0.39 is 0 Å². The molecule has 15 heavy (non-hydrogen) atoms. The molecule has 0 bridgehead atoms. The molecule has 0 spiro atoms. The van der Waals surface area contributed by atoms with Gasteiger partial charge in [-0.3, -0.25) is 4.99 Å². The highest BCUT2D eigenvalue weighted by molar-refractivity contribution is 5.85. The van der Waals surface area contributed by atoms with E-state index in [9.17, 15) is 0 Å². The van der Waals surface area contributed by atoms with Crippen LogP contribution in [0, 0.1) is 0 Å². The van der Waals surface area contributed by atoms with Crippen LogP contribution in [0.25, 0.3) is 0 Å². The van der Waals surface area contributed by atoms with E-state index in [1.54, 1.807) is 0 Å². The Hall–Kier alpha value is -1.31. The number of aliphatic imine (C=N–C) groups is 1. The van der Waals surface area contributed by atoms with Gasteiger partial charge in [0.05, 0.1) is 12.4 Å². The molecule has 1 N–H and O–H groups in total. The van der Waals surface area contributed by atoms with Crippen LogP contribution in [0.15, 0.2) is 35.3 Å². The quantitative estimate of drug-likeness (QED) is 0.794. The summed E-state index contributed by atoms with van der Waals surface area (Å²) in [5, 5.41) is 3.37. The average molecular weight is 200 g/mol. The van der Waals surface area contributed by atoms with Crippen LogP contribution >= 0.6 is 0 Å². The number of nitrogens with zero attached hydrogens (tertiary/aromatic N) is 1. The first-order valence-electron chi connectivity index (χ1n) is 5.72. The van der Waals surface area contributed by atoms with E-state index in [-0.39, 0.29) is 0 Å². The normalized spacial score (nSPS) is 22.0. The third-order valence-corrected chi connectivity index (χ3v) is 3.49. The summed E-state index contributed by atoms with van der Waals surface area (Å²) in [6.07, 6.45) is 3.74. The van der Waals surface area contributed by atoms with Crippen LogP contribution in [0.4, 0.5) is 0 Å². The minimum atomic E-state index is 0.414. The molecule has 0 saturated heterocycles. The van der Waals surface area contributed by atoms with Crippen LogP contribution in [-0.4, -0.2) is 18.9 Å². The summed E-state index contributed by atoms with van der Waals surface area (Å²) >= 11 is 0. The molecule has 0 aromatic heterocycles. The van der Waals surface area contributed by atoms with Crippen LogP contribution in [0.2, 0.25) is 0 Å². The molecule has 2 aliphatic rings. The zero-order chi connectivity index (χ0) is 10.1. The van der Waals surface area contributed by atoms with E-state index in [0.29, 0.717) is 5.41 Å². The summed E-state index contributed by atoms with van der Waals surface area (Å²) in [6.45, 7) is 1.99. The third-order valence-electron chi connectivity index (χ3n) is 3.49. The molecule has 1 aliphatic heterocycles. The second-order valence-corrected chi connectivity index (χ2v) is 4.58. The minimum absolute atomic E-state index is 0.414. The summed E-state index contributed by atoms with van der Waals surface area (Å²) in [4.78, 5) is 4.49. The average Bonchev–Trinajstić information content (AvgIpc) is 2.88. The fraction of sp³-hybridized carbons (Fsp3) is 0.462. The van der Waals surface area contributed by atoms with E-state index in [1.807, 2.05) is 0 Å². The molecule has 1 aromatic carbocycles. The molecule has 1 aromatic rings. The van der Waals surface area contributed by atoms with Crippen LogP contribution in [0.5, 0.6) is 0 Å². The molecule has 0 unspecified atom stereocenters. The van der Waals surface area contributed by atoms with Crippen LogP contribution in [-0.2, 0) is 5.41 Å². The Morgan fingerprint density at radius 2 is 2.00 bits per heavy atom. The Morgan fingerprint density at radius 1 is 1.20 bits per heavy atom. The predicted octanol–water partition coefficient (Wildman–Crippen LogP) is 2.11. The summed E-state index contributed by atoms with van der Waals surface area (Å²) in [5.74, 6) is 1.22. The van der Waals surface area contributed by atoms with E-state index in [1.165, 1.54) is 24.2 Å². The lowest BCUT2D eigenvalue weighted by molar-refractivity contribution is 0.718. The van der Waals surface area contributed by atoms with Crippen LogP contribution in [0.3, 0.4) is 0 Å². The maximum Gasteiger partial charge on any atom is 0.0973 e. The number of nitrogens with one attached hydrogen (secondary N) is 1. The molecule has 0 amide bonds. The Morgan fingerprint density at radius 3 is 2.60 bits per heavy atom. The van der Waals surface area contributed by atoms with Gasteiger partial charge in [-0.05, 0) is 18.4 Å². The molecule has 1 fully saturated rings. The van der Waals surface area contributed by atoms with Gasteiger partial charge in [0.15, 0.2) is 0 Å². The summed E-state index contributed by atoms with van der Waals surface area (Å²) in [7, 11) is 0. The fourth-order valence-electron chi connectivity index (χ4n) is 2.40. The van der Waals surface area contributed by atoms with Crippen molar-refractivity contribution >= 4 is 5.84 Å². The molecule has 1 heterocycles.